The second-order valence-corrected chi connectivity index (χ2v) is 8.66. The molecule has 1 aromatic heterocycles. The van der Waals surface area contributed by atoms with Gasteiger partial charge in [0, 0.05) is 67.3 Å². The Morgan fingerprint density at radius 2 is 2.10 bits per heavy atom. The number of nitrogens with one attached hydrogen (secondary N) is 3. The normalized spacial score (nSPS) is 23.5. The van der Waals surface area contributed by atoms with Crippen molar-refractivity contribution >= 4 is 34.1 Å². The van der Waals surface area contributed by atoms with Crippen LogP contribution in [-0.4, -0.2) is 71.6 Å². The molecular formula is C22H31N5OS. The molecule has 1 aromatic carbocycles. The van der Waals surface area contributed by atoms with Gasteiger partial charge in [0.25, 0.3) is 0 Å². The molecule has 2 heterocycles. The molecule has 1 aliphatic carbocycles. The second kappa shape index (κ2) is 7.95. The average molecular weight is 414 g/mol. The molecule has 0 saturated carbocycles. The lowest BCUT2D eigenvalue weighted by Gasteiger charge is -2.46. The number of carbonyl (C=O) groups is 1. The highest BCUT2D eigenvalue weighted by molar-refractivity contribution is 7.80. The van der Waals surface area contributed by atoms with E-state index in [2.05, 4.69) is 45.9 Å². The number of urea groups is 1. The van der Waals surface area contributed by atoms with Gasteiger partial charge in [0.1, 0.15) is 4.99 Å². The zero-order valence-electron chi connectivity index (χ0n) is 17.7. The molecule has 1 unspecified atom stereocenters. The van der Waals surface area contributed by atoms with Gasteiger partial charge in [-0.1, -0.05) is 12.2 Å². The summed E-state index contributed by atoms with van der Waals surface area (Å²) >= 11 is 5.52. The first-order valence-corrected chi connectivity index (χ1v) is 11.0. The van der Waals surface area contributed by atoms with Gasteiger partial charge in [-0.2, -0.15) is 0 Å². The number of fused-ring (bicyclic) bond motifs is 2. The van der Waals surface area contributed by atoms with E-state index in [1.807, 2.05) is 25.8 Å². The third-order valence-corrected chi connectivity index (χ3v) is 7.11. The summed E-state index contributed by atoms with van der Waals surface area (Å²) in [5.74, 6) is 0.376. The van der Waals surface area contributed by atoms with Crippen molar-refractivity contribution in [2.45, 2.75) is 44.7 Å². The minimum absolute atomic E-state index is 0.0419. The first-order chi connectivity index (χ1) is 14.0. The Morgan fingerprint density at radius 1 is 1.34 bits per heavy atom. The Labute approximate surface area is 178 Å². The summed E-state index contributed by atoms with van der Waals surface area (Å²) in [7, 11) is 4.05. The number of hydrogen-bond acceptors (Lipinski definition) is 3. The van der Waals surface area contributed by atoms with Crippen molar-refractivity contribution in [3.05, 3.63) is 35.0 Å². The molecule has 1 saturated heterocycles. The van der Waals surface area contributed by atoms with E-state index in [-0.39, 0.29) is 12.1 Å². The summed E-state index contributed by atoms with van der Waals surface area (Å²) < 4.78 is 0. The quantitative estimate of drug-likeness (QED) is 0.675. The van der Waals surface area contributed by atoms with Crippen LogP contribution in [0.3, 0.4) is 0 Å². The van der Waals surface area contributed by atoms with E-state index in [4.69, 9.17) is 12.2 Å². The van der Waals surface area contributed by atoms with E-state index in [9.17, 15) is 4.79 Å². The molecule has 4 rings (SSSR count). The number of H-pyrrole nitrogens is 1. The summed E-state index contributed by atoms with van der Waals surface area (Å²) in [4.78, 5) is 21.1. The third-order valence-electron chi connectivity index (χ3n) is 6.67. The maximum atomic E-state index is 12.6. The highest BCUT2D eigenvalue weighted by Crippen LogP contribution is 2.43. The van der Waals surface area contributed by atoms with Crippen molar-refractivity contribution in [1.82, 2.24) is 25.4 Å². The van der Waals surface area contributed by atoms with Gasteiger partial charge in [0.15, 0.2) is 0 Å². The largest absolute Gasteiger partial charge is 0.379 e. The zero-order valence-corrected chi connectivity index (χ0v) is 18.5. The lowest BCUT2D eigenvalue weighted by Crippen LogP contribution is -2.56. The molecule has 3 atom stereocenters. The number of likely N-dealkylation sites (tertiary alicyclic amines) is 1. The molecule has 2 amide bonds. The Kier molecular flexibility index (Phi) is 5.53. The molecule has 0 radical (unpaired) electrons. The number of piperidine rings is 1. The third kappa shape index (κ3) is 3.51. The lowest BCUT2D eigenvalue weighted by atomic mass is 9.73. The Balaban J connectivity index is 1.67. The van der Waals surface area contributed by atoms with Crippen LogP contribution >= 0.6 is 12.2 Å². The maximum absolute atomic E-state index is 12.6. The van der Waals surface area contributed by atoms with Crippen LogP contribution in [0.2, 0.25) is 0 Å². The minimum atomic E-state index is 0.0419. The Morgan fingerprint density at radius 3 is 2.79 bits per heavy atom. The SMILES string of the molecule is CCN(CC)C(=O)N[C@H]1CC2c3cc(C(=S)NC)cc4[nH]cc(c34)C[C@H]2N(C)C1. The second-order valence-electron chi connectivity index (χ2n) is 8.25. The van der Waals surface area contributed by atoms with E-state index in [1.54, 1.807) is 0 Å². The number of thiocarbonyl (C=S) groups is 1. The molecule has 1 aliphatic heterocycles. The van der Waals surface area contributed by atoms with Gasteiger partial charge in [-0.05, 0) is 57.0 Å². The van der Waals surface area contributed by atoms with Crippen molar-refractivity contribution in [3.8, 4) is 0 Å². The molecule has 7 heteroatoms. The van der Waals surface area contributed by atoms with Crippen molar-refractivity contribution in [2.24, 2.45) is 0 Å². The smallest absolute Gasteiger partial charge is 0.317 e. The Hall–Kier alpha value is -2.12. The molecule has 156 valence electrons. The molecule has 0 spiro atoms. The number of nitrogens with zero attached hydrogens (tertiary/aromatic N) is 2. The molecular weight excluding hydrogens is 382 g/mol. The van der Waals surface area contributed by atoms with Crippen LogP contribution in [0, 0.1) is 0 Å². The fraction of sp³-hybridized carbons (Fsp3) is 0.545. The fourth-order valence-corrected chi connectivity index (χ4v) is 5.29. The summed E-state index contributed by atoms with van der Waals surface area (Å²) in [5, 5.41) is 7.74. The molecule has 29 heavy (non-hydrogen) atoms. The number of likely N-dealkylation sites (N-methyl/N-ethyl adjacent to an activating group) is 1. The van der Waals surface area contributed by atoms with Crippen LogP contribution in [0.25, 0.3) is 10.9 Å². The van der Waals surface area contributed by atoms with E-state index in [0.29, 0.717) is 12.0 Å². The summed E-state index contributed by atoms with van der Waals surface area (Å²) in [6.07, 6.45) is 4.15. The average Bonchev–Trinajstić information content (AvgIpc) is 3.12. The van der Waals surface area contributed by atoms with Crippen LogP contribution in [0.1, 0.15) is 42.9 Å². The van der Waals surface area contributed by atoms with Gasteiger partial charge >= 0.3 is 6.03 Å². The molecule has 6 nitrogen and oxygen atoms in total. The van der Waals surface area contributed by atoms with E-state index in [0.717, 1.165) is 48.5 Å². The molecule has 3 N–H and O–H groups in total. The van der Waals surface area contributed by atoms with Crippen molar-refractivity contribution in [2.75, 3.05) is 33.7 Å². The van der Waals surface area contributed by atoms with Gasteiger partial charge in [-0.3, -0.25) is 0 Å². The lowest BCUT2D eigenvalue weighted by molar-refractivity contribution is 0.124. The number of amides is 2. The standard InChI is InChI=1S/C22H31N5OS/c1-5-27(6-2)22(28)25-15-10-16-17-7-13(21(29)23-3)8-18-20(17)14(11-24-18)9-19(16)26(4)12-15/h7-8,11,15-16,19,24H,5-6,9-10,12H2,1-4H3,(H,23,29)(H,25,28)/t15-,16?,19+/m0/s1. The number of aromatic amines is 1. The molecule has 2 aliphatic rings. The number of benzene rings is 1. The van der Waals surface area contributed by atoms with E-state index < -0.39 is 0 Å². The predicted octanol–water partition coefficient (Wildman–Crippen LogP) is 2.83. The molecule has 0 bridgehead atoms. The van der Waals surface area contributed by atoms with Crippen molar-refractivity contribution in [1.29, 1.82) is 0 Å². The van der Waals surface area contributed by atoms with Gasteiger partial charge in [0.2, 0.25) is 0 Å². The molecule has 1 fully saturated rings. The first-order valence-electron chi connectivity index (χ1n) is 10.6. The van der Waals surface area contributed by atoms with Crippen molar-refractivity contribution < 1.29 is 4.79 Å². The van der Waals surface area contributed by atoms with Crippen LogP contribution in [-0.2, 0) is 6.42 Å². The summed E-state index contributed by atoms with van der Waals surface area (Å²) in [6.45, 7) is 6.38. The maximum Gasteiger partial charge on any atom is 0.317 e. The predicted molar refractivity (Wildman–Crippen MR) is 122 cm³/mol. The van der Waals surface area contributed by atoms with Crippen molar-refractivity contribution in [3.63, 3.8) is 0 Å². The first kappa shape index (κ1) is 20.2. The Bertz CT molecular complexity index is 935. The highest BCUT2D eigenvalue weighted by Gasteiger charge is 2.40. The van der Waals surface area contributed by atoms with Crippen LogP contribution < -0.4 is 10.6 Å². The van der Waals surface area contributed by atoms with Gasteiger partial charge in [-0.25, -0.2) is 4.79 Å². The van der Waals surface area contributed by atoms with Gasteiger partial charge < -0.3 is 25.4 Å². The fourth-order valence-electron chi connectivity index (χ4n) is 5.17. The zero-order chi connectivity index (χ0) is 20.7. The van der Waals surface area contributed by atoms with Gasteiger partial charge in [0.05, 0.1) is 0 Å². The highest BCUT2D eigenvalue weighted by atomic mass is 32.1. The van der Waals surface area contributed by atoms with Crippen LogP contribution in [0.5, 0.6) is 0 Å². The number of rotatable bonds is 4. The van der Waals surface area contributed by atoms with Crippen LogP contribution in [0.4, 0.5) is 4.79 Å². The monoisotopic (exact) mass is 413 g/mol. The number of aromatic nitrogens is 1. The van der Waals surface area contributed by atoms with Crippen LogP contribution in [0.15, 0.2) is 18.3 Å². The summed E-state index contributed by atoms with van der Waals surface area (Å²) in [6, 6.07) is 5.04. The minimum Gasteiger partial charge on any atom is -0.379 e. The summed E-state index contributed by atoms with van der Waals surface area (Å²) in [5.41, 5.74) is 4.95. The topological polar surface area (TPSA) is 63.4 Å². The van der Waals surface area contributed by atoms with Gasteiger partial charge in [-0.15, -0.1) is 0 Å². The number of hydrogen-bond donors (Lipinski definition) is 3. The molecule has 2 aromatic rings. The number of carbonyl (C=O) groups excluding carboxylic acids is 1. The van der Waals surface area contributed by atoms with E-state index >= 15 is 0 Å². The van der Waals surface area contributed by atoms with E-state index in [1.165, 1.54) is 16.5 Å².